The van der Waals surface area contributed by atoms with Gasteiger partial charge in [0, 0.05) is 56.8 Å². The highest BCUT2D eigenvalue weighted by Gasteiger charge is 2.48. The van der Waals surface area contributed by atoms with Gasteiger partial charge in [0.15, 0.2) is 11.5 Å². The highest BCUT2D eigenvalue weighted by Crippen LogP contribution is 2.43. The largest absolute Gasteiger partial charge is 0.481 e. The van der Waals surface area contributed by atoms with Gasteiger partial charge in [-0.2, -0.15) is 0 Å². The number of fused-ring (bicyclic) bond motifs is 1. The zero-order valence-electron chi connectivity index (χ0n) is 27.6. The molecule has 3 atom stereocenters. The van der Waals surface area contributed by atoms with Gasteiger partial charge in [0.25, 0.3) is 0 Å². The number of nitrogens with zero attached hydrogens (tertiary/aromatic N) is 4. The lowest BCUT2D eigenvalue weighted by Gasteiger charge is -2.36. The summed E-state index contributed by atoms with van der Waals surface area (Å²) in [4.78, 5) is 58.8. The number of benzene rings is 2. The molecule has 0 spiro atoms. The number of urea groups is 1. The maximum Gasteiger partial charge on any atom is 0.326 e. The van der Waals surface area contributed by atoms with Crippen LogP contribution >= 0.6 is 0 Å². The minimum absolute atomic E-state index is 0.0534. The molecule has 2 fully saturated rings. The molecule has 0 bridgehead atoms. The topological polar surface area (TPSA) is 120 Å². The van der Waals surface area contributed by atoms with Gasteiger partial charge in [-0.1, -0.05) is 32.8 Å². The third-order valence-electron chi connectivity index (χ3n) is 9.72. The van der Waals surface area contributed by atoms with Crippen molar-refractivity contribution in [1.29, 1.82) is 0 Å². The molecule has 3 aliphatic heterocycles. The summed E-state index contributed by atoms with van der Waals surface area (Å²) in [6.07, 6.45) is 3.73. The van der Waals surface area contributed by atoms with Gasteiger partial charge in [-0.3, -0.25) is 24.2 Å². The third kappa shape index (κ3) is 7.22. The lowest BCUT2D eigenvalue weighted by atomic mass is 9.84. The van der Waals surface area contributed by atoms with Crippen LogP contribution in [0.15, 0.2) is 36.4 Å². The summed E-state index contributed by atoms with van der Waals surface area (Å²) in [6.45, 7) is 6.63. The summed E-state index contributed by atoms with van der Waals surface area (Å²) < 4.78 is 25.4. The fourth-order valence-corrected chi connectivity index (χ4v) is 7.30. The molecule has 3 heterocycles. The lowest BCUT2D eigenvalue weighted by Crippen LogP contribution is -2.52. The summed E-state index contributed by atoms with van der Waals surface area (Å²) in [5.74, 6) is -2.00. The molecule has 2 aromatic carbocycles. The van der Waals surface area contributed by atoms with Crippen LogP contribution in [0.4, 0.5) is 14.9 Å². The van der Waals surface area contributed by atoms with Gasteiger partial charge in [0.1, 0.15) is 5.82 Å². The number of carboxylic acid groups (broad SMARTS) is 1. The number of aryl methyl sites for hydroxylation is 1. The Morgan fingerprint density at radius 2 is 1.79 bits per heavy atom. The number of amides is 4. The van der Waals surface area contributed by atoms with E-state index in [1.165, 1.54) is 13.1 Å². The van der Waals surface area contributed by atoms with Crippen molar-refractivity contribution < 1.29 is 38.1 Å². The number of hydrogen-bond donors (Lipinski definition) is 1. The molecule has 254 valence electrons. The van der Waals surface area contributed by atoms with E-state index in [4.69, 9.17) is 9.47 Å². The second-order valence-electron chi connectivity index (χ2n) is 12.8. The van der Waals surface area contributed by atoms with Crippen molar-refractivity contribution in [1.82, 2.24) is 14.7 Å². The zero-order chi connectivity index (χ0) is 33.8. The second-order valence-corrected chi connectivity index (χ2v) is 12.8. The molecule has 12 heteroatoms. The molecule has 0 saturated carbocycles. The van der Waals surface area contributed by atoms with Crippen LogP contribution in [0.1, 0.15) is 69.4 Å². The number of aliphatic carboxylic acids is 1. The van der Waals surface area contributed by atoms with Gasteiger partial charge in [0.2, 0.25) is 18.6 Å². The number of halogens is 1. The molecule has 0 radical (unpaired) electrons. The summed E-state index contributed by atoms with van der Waals surface area (Å²) in [6, 6.07) is 9.03. The first kappa shape index (κ1) is 34.2. The molecular weight excluding hydrogens is 607 g/mol. The zero-order valence-corrected chi connectivity index (χ0v) is 27.6. The molecule has 3 aliphatic rings. The Balaban J connectivity index is 1.48. The predicted molar refractivity (Wildman–Crippen MR) is 173 cm³/mol. The van der Waals surface area contributed by atoms with Gasteiger partial charge in [-0.05, 0) is 67.6 Å². The number of carbonyl (C=O) groups is 4. The standard InChI is InChI=1S/C35H45FN4O7/c1-5-7-24(8-6-2)40(25-10-11-27(36)22(3)17-25)32(42)20-39-19-26(23-9-12-29-30(18-23)47-21-46-29)33(34(43)44)28(39)13-15-38-16-14-31(41)37(4)35(38)45/h9-12,17-18,24,26,28,33H,5-8,13-16,19-21H2,1-4H3,(H,43,44)/t26-,28+,33?/m1/s1. The summed E-state index contributed by atoms with van der Waals surface area (Å²) in [7, 11) is 1.45. The number of likely N-dealkylation sites (tertiary alicyclic amines) is 1. The molecule has 2 saturated heterocycles. The van der Waals surface area contributed by atoms with Crippen molar-refractivity contribution >= 4 is 29.5 Å². The number of carboxylic acids is 1. The van der Waals surface area contributed by atoms with E-state index in [-0.39, 0.29) is 56.5 Å². The monoisotopic (exact) mass is 652 g/mol. The van der Waals surface area contributed by atoms with Crippen LogP contribution in [0.3, 0.4) is 0 Å². The fourth-order valence-electron chi connectivity index (χ4n) is 7.30. The van der Waals surface area contributed by atoms with E-state index in [0.717, 1.165) is 36.1 Å². The third-order valence-corrected chi connectivity index (χ3v) is 9.72. The van der Waals surface area contributed by atoms with Crippen molar-refractivity contribution in [2.45, 2.75) is 77.3 Å². The Bertz CT molecular complexity index is 1500. The van der Waals surface area contributed by atoms with E-state index in [1.807, 2.05) is 17.0 Å². The molecule has 0 aromatic heterocycles. The van der Waals surface area contributed by atoms with E-state index in [0.29, 0.717) is 35.7 Å². The first-order valence-electron chi connectivity index (χ1n) is 16.5. The SMILES string of the molecule is CCCC(CCC)N(C(=O)CN1C[C@H](c2ccc3c(c2)OCO3)C(C(=O)O)[C@@H]1CCN1CCC(=O)N(C)C1=O)c1ccc(F)c(C)c1. The number of imide groups is 1. The van der Waals surface area contributed by atoms with Gasteiger partial charge in [-0.15, -0.1) is 0 Å². The highest BCUT2D eigenvalue weighted by molar-refractivity contribution is 5.96. The number of anilines is 1. The number of ether oxygens (including phenoxy) is 2. The van der Waals surface area contributed by atoms with E-state index in [1.54, 1.807) is 34.9 Å². The molecule has 11 nitrogen and oxygen atoms in total. The smallest absolute Gasteiger partial charge is 0.326 e. The van der Waals surface area contributed by atoms with Crippen molar-refractivity contribution in [2.24, 2.45) is 5.92 Å². The number of hydrogen-bond acceptors (Lipinski definition) is 7. The van der Waals surface area contributed by atoms with Crippen LogP contribution in [-0.2, 0) is 14.4 Å². The van der Waals surface area contributed by atoms with Gasteiger partial charge in [0.05, 0.1) is 12.5 Å². The highest BCUT2D eigenvalue weighted by atomic mass is 19.1. The van der Waals surface area contributed by atoms with E-state index in [2.05, 4.69) is 13.8 Å². The Kier molecular flexibility index (Phi) is 10.7. The first-order valence-corrected chi connectivity index (χ1v) is 16.5. The number of rotatable bonds is 13. The second kappa shape index (κ2) is 14.7. The maximum atomic E-state index is 14.4. The van der Waals surface area contributed by atoms with E-state index in [9.17, 15) is 28.7 Å². The minimum atomic E-state index is -0.995. The lowest BCUT2D eigenvalue weighted by molar-refractivity contribution is -0.143. The van der Waals surface area contributed by atoms with E-state index >= 15 is 0 Å². The van der Waals surface area contributed by atoms with Crippen LogP contribution < -0.4 is 14.4 Å². The molecular formula is C35H45FN4O7. The van der Waals surface area contributed by atoms with Crippen LogP contribution in [-0.4, -0.2) is 95.7 Å². The molecule has 4 amide bonds. The summed E-state index contributed by atoms with van der Waals surface area (Å²) >= 11 is 0. The average molecular weight is 653 g/mol. The summed E-state index contributed by atoms with van der Waals surface area (Å²) in [5, 5.41) is 10.7. The fraction of sp³-hybridized carbons (Fsp3) is 0.543. The van der Waals surface area contributed by atoms with Crippen LogP contribution in [0.25, 0.3) is 0 Å². The van der Waals surface area contributed by atoms with Gasteiger partial charge >= 0.3 is 12.0 Å². The van der Waals surface area contributed by atoms with Crippen molar-refractivity contribution in [2.75, 3.05) is 44.9 Å². The molecule has 47 heavy (non-hydrogen) atoms. The normalized spacial score (nSPS) is 21.2. The van der Waals surface area contributed by atoms with Gasteiger partial charge in [-0.25, -0.2) is 9.18 Å². The Morgan fingerprint density at radius 3 is 2.47 bits per heavy atom. The quantitative estimate of drug-likeness (QED) is 0.321. The van der Waals surface area contributed by atoms with Crippen LogP contribution in [0.5, 0.6) is 11.5 Å². The van der Waals surface area contributed by atoms with E-state index < -0.39 is 29.9 Å². The summed E-state index contributed by atoms with van der Waals surface area (Å²) in [5.41, 5.74) is 1.82. The molecule has 1 N–H and O–H groups in total. The first-order chi connectivity index (χ1) is 22.5. The average Bonchev–Trinajstić information content (AvgIpc) is 3.66. The van der Waals surface area contributed by atoms with Crippen molar-refractivity contribution in [3.8, 4) is 11.5 Å². The number of carbonyl (C=O) groups excluding carboxylic acids is 3. The molecule has 2 aromatic rings. The predicted octanol–water partition coefficient (Wildman–Crippen LogP) is 5.01. The molecule has 5 rings (SSSR count). The van der Waals surface area contributed by atoms with Crippen molar-refractivity contribution in [3.63, 3.8) is 0 Å². The molecule has 0 aliphatic carbocycles. The van der Waals surface area contributed by atoms with Crippen LogP contribution in [0, 0.1) is 18.7 Å². The van der Waals surface area contributed by atoms with Crippen molar-refractivity contribution in [3.05, 3.63) is 53.3 Å². The van der Waals surface area contributed by atoms with Gasteiger partial charge < -0.3 is 24.4 Å². The Labute approximate surface area is 275 Å². The minimum Gasteiger partial charge on any atom is -0.481 e. The molecule has 1 unspecified atom stereocenters. The maximum absolute atomic E-state index is 14.4. The Morgan fingerprint density at radius 1 is 1.06 bits per heavy atom. The Hall–Kier alpha value is -4.19. The van der Waals surface area contributed by atoms with Crippen LogP contribution in [0.2, 0.25) is 0 Å².